The van der Waals surface area contributed by atoms with Gasteiger partial charge in [0.15, 0.2) is 6.04 Å². The van der Waals surface area contributed by atoms with Crippen molar-refractivity contribution in [2.45, 2.75) is 52.1 Å². The molecule has 3 amide bonds. The Balaban J connectivity index is 1.78. The first-order valence-electron chi connectivity index (χ1n) is 10.6. The van der Waals surface area contributed by atoms with Gasteiger partial charge in [-0.05, 0) is 36.5 Å². The molecule has 2 aliphatic rings. The Hall–Kier alpha value is -2.52. The van der Waals surface area contributed by atoms with Crippen LogP contribution >= 0.6 is 0 Å². The summed E-state index contributed by atoms with van der Waals surface area (Å²) in [6, 6.07) is 3.06. The molecule has 31 heavy (non-hydrogen) atoms. The molecule has 1 saturated carbocycles. The fraction of sp³-hybridized carbons (Fsp3) is 0.591. The van der Waals surface area contributed by atoms with Crippen molar-refractivity contribution in [3.05, 3.63) is 24.0 Å². The molecule has 0 spiro atoms. The van der Waals surface area contributed by atoms with Crippen LogP contribution in [0.25, 0.3) is 0 Å². The molecular formula is C22H31FN4O4. The number of carbonyl (C=O) groups is 3. The maximum absolute atomic E-state index is 14.7. The second-order valence-electron chi connectivity index (χ2n) is 9.38. The Bertz CT molecular complexity index is 850. The maximum atomic E-state index is 14.7. The largest absolute Gasteiger partial charge is 0.370 e. The first kappa shape index (κ1) is 23.1. The van der Waals surface area contributed by atoms with E-state index in [2.05, 4.69) is 5.32 Å². The summed E-state index contributed by atoms with van der Waals surface area (Å²) < 4.78 is 19.8. The standard InChI is InChI=1S/C22H31FN4O4/c1-22(2,3)13-27(15-5-4-6-15)19(20(24)29)21(30)25-14-7-8-17(16(23)11-14)26-9-10-31-12-18(26)28/h7-8,11,15,19H,4-6,9-10,12-13H2,1-3H3,(H2,24,29)(H,25,30)/t19-/m1/s1. The van der Waals surface area contributed by atoms with Crippen LogP contribution in [0.5, 0.6) is 0 Å². The van der Waals surface area contributed by atoms with Crippen molar-refractivity contribution < 1.29 is 23.5 Å². The van der Waals surface area contributed by atoms with Crippen LogP contribution in [0.1, 0.15) is 40.0 Å². The number of anilines is 2. The van der Waals surface area contributed by atoms with E-state index in [0.29, 0.717) is 13.2 Å². The lowest BCUT2D eigenvalue weighted by Gasteiger charge is -2.43. The van der Waals surface area contributed by atoms with E-state index in [0.717, 1.165) is 25.3 Å². The lowest BCUT2D eigenvalue weighted by atomic mass is 9.86. The molecule has 3 N–H and O–H groups in total. The quantitative estimate of drug-likeness (QED) is 0.638. The SMILES string of the molecule is CC(C)(C)CN(C1CCC1)[C@H](C(N)=O)C(=O)Nc1ccc(N2CCOCC2=O)c(F)c1. The summed E-state index contributed by atoms with van der Waals surface area (Å²) in [7, 11) is 0. The highest BCUT2D eigenvalue weighted by atomic mass is 19.1. The molecule has 1 aromatic rings. The molecule has 0 bridgehead atoms. The highest BCUT2D eigenvalue weighted by molar-refractivity contribution is 6.09. The van der Waals surface area contributed by atoms with E-state index in [4.69, 9.17) is 10.5 Å². The Morgan fingerprint density at radius 2 is 2.06 bits per heavy atom. The number of carbonyl (C=O) groups excluding carboxylic acids is 3. The molecule has 0 radical (unpaired) electrons. The number of benzene rings is 1. The number of amides is 3. The van der Waals surface area contributed by atoms with Gasteiger partial charge in [-0.1, -0.05) is 27.2 Å². The highest BCUT2D eigenvalue weighted by Gasteiger charge is 2.39. The van der Waals surface area contributed by atoms with Crippen molar-refractivity contribution in [3.8, 4) is 0 Å². The van der Waals surface area contributed by atoms with E-state index >= 15 is 0 Å². The zero-order chi connectivity index (χ0) is 22.8. The van der Waals surface area contributed by atoms with Crippen LogP contribution in [-0.4, -0.2) is 61.0 Å². The van der Waals surface area contributed by atoms with Gasteiger partial charge in [0.2, 0.25) is 5.91 Å². The van der Waals surface area contributed by atoms with Gasteiger partial charge >= 0.3 is 0 Å². The molecule has 1 aliphatic carbocycles. The fourth-order valence-corrected chi connectivity index (χ4v) is 3.93. The van der Waals surface area contributed by atoms with Crippen molar-refractivity contribution in [3.63, 3.8) is 0 Å². The van der Waals surface area contributed by atoms with Crippen LogP contribution in [0, 0.1) is 11.2 Å². The number of hydrogen-bond acceptors (Lipinski definition) is 5. The number of halogens is 1. The molecule has 8 nitrogen and oxygen atoms in total. The number of nitrogens with two attached hydrogens (primary N) is 1. The van der Waals surface area contributed by atoms with E-state index in [-0.39, 0.29) is 41.9 Å². The minimum Gasteiger partial charge on any atom is -0.370 e. The van der Waals surface area contributed by atoms with Gasteiger partial charge < -0.3 is 20.7 Å². The van der Waals surface area contributed by atoms with Crippen molar-refractivity contribution in [1.82, 2.24) is 4.90 Å². The first-order valence-corrected chi connectivity index (χ1v) is 10.6. The zero-order valence-electron chi connectivity index (χ0n) is 18.3. The smallest absolute Gasteiger partial charge is 0.253 e. The van der Waals surface area contributed by atoms with Crippen LogP contribution < -0.4 is 16.0 Å². The number of hydrogen-bond donors (Lipinski definition) is 2. The van der Waals surface area contributed by atoms with Crippen molar-refractivity contribution >= 4 is 29.1 Å². The van der Waals surface area contributed by atoms with Gasteiger partial charge in [-0.25, -0.2) is 4.39 Å². The third-order valence-electron chi connectivity index (χ3n) is 5.54. The number of rotatable bonds is 7. The van der Waals surface area contributed by atoms with Gasteiger partial charge in [0.1, 0.15) is 12.4 Å². The maximum Gasteiger partial charge on any atom is 0.253 e. The summed E-state index contributed by atoms with van der Waals surface area (Å²) in [4.78, 5) is 40.4. The van der Waals surface area contributed by atoms with Crippen LogP contribution in [0.3, 0.4) is 0 Å². The highest BCUT2D eigenvalue weighted by Crippen LogP contribution is 2.31. The van der Waals surface area contributed by atoms with Crippen molar-refractivity contribution in [2.24, 2.45) is 11.1 Å². The summed E-state index contributed by atoms with van der Waals surface area (Å²) in [6.07, 6.45) is 2.86. The molecule has 0 aromatic heterocycles. The summed E-state index contributed by atoms with van der Waals surface area (Å²) in [5.41, 5.74) is 5.81. The molecule has 3 rings (SSSR count). The van der Waals surface area contributed by atoms with Crippen molar-refractivity contribution in [2.75, 3.05) is 36.5 Å². The molecule has 1 aromatic carbocycles. The summed E-state index contributed by atoms with van der Waals surface area (Å²) in [6.45, 7) is 7.14. The molecule has 1 aliphatic heterocycles. The van der Waals surface area contributed by atoms with Crippen LogP contribution in [-0.2, 0) is 19.1 Å². The number of nitrogens with zero attached hydrogens (tertiary/aromatic N) is 2. The number of morpholine rings is 1. The predicted molar refractivity (Wildman–Crippen MR) is 115 cm³/mol. The monoisotopic (exact) mass is 434 g/mol. The number of nitrogens with one attached hydrogen (secondary N) is 1. The Morgan fingerprint density at radius 3 is 2.58 bits per heavy atom. The normalized spacial score (nSPS) is 18.6. The molecule has 170 valence electrons. The lowest BCUT2D eigenvalue weighted by molar-refractivity contribution is -0.135. The second-order valence-corrected chi connectivity index (χ2v) is 9.38. The number of ether oxygens (including phenoxy) is 1. The predicted octanol–water partition coefficient (Wildman–Crippen LogP) is 1.88. The Labute approximate surface area is 181 Å². The second kappa shape index (κ2) is 9.32. The Kier molecular flexibility index (Phi) is 6.96. The molecule has 2 fully saturated rings. The third kappa shape index (κ3) is 5.59. The summed E-state index contributed by atoms with van der Waals surface area (Å²) in [5, 5.41) is 2.63. The van der Waals surface area contributed by atoms with Gasteiger partial charge in [-0.3, -0.25) is 19.3 Å². The lowest BCUT2D eigenvalue weighted by Crippen LogP contribution is -2.59. The summed E-state index contributed by atoms with van der Waals surface area (Å²) >= 11 is 0. The molecular weight excluding hydrogens is 403 g/mol. The van der Waals surface area contributed by atoms with E-state index in [1.807, 2.05) is 25.7 Å². The van der Waals surface area contributed by atoms with E-state index < -0.39 is 23.7 Å². The van der Waals surface area contributed by atoms with Crippen LogP contribution in [0.15, 0.2) is 18.2 Å². The molecule has 1 saturated heterocycles. The topological polar surface area (TPSA) is 105 Å². The van der Waals surface area contributed by atoms with Gasteiger partial charge in [0.05, 0.1) is 12.3 Å². The van der Waals surface area contributed by atoms with Crippen LogP contribution in [0.4, 0.5) is 15.8 Å². The first-order chi connectivity index (χ1) is 14.6. The van der Waals surface area contributed by atoms with Gasteiger partial charge in [0.25, 0.3) is 11.8 Å². The third-order valence-corrected chi connectivity index (χ3v) is 5.54. The van der Waals surface area contributed by atoms with Gasteiger partial charge in [-0.15, -0.1) is 0 Å². The Morgan fingerprint density at radius 1 is 1.35 bits per heavy atom. The average molecular weight is 435 g/mol. The average Bonchev–Trinajstić information content (AvgIpc) is 2.59. The minimum atomic E-state index is -1.15. The van der Waals surface area contributed by atoms with Crippen LogP contribution in [0.2, 0.25) is 0 Å². The molecule has 9 heteroatoms. The minimum absolute atomic E-state index is 0.0942. The van der Waals surface area contributed by atoms with Gasteiger partial charge in [-0.2, -0.15) is 0 Å². The van der Waals surface area contributed by atoms with E-state index in [1.165, 1.54) is 17.0 Å². The van der Waals surface area contributed by atoms with E-state index in [1.54, 1.807) is 0 Å². The zero-order valence-corrected chi connectivity index (χ0v) is 18.3. The molecule has 1 atom stereocenters. The summed E-state index contributed by atoms with van der Waals surface area (Å²) in [5.74, 6) is -2.29. The van der Waals surface area contributed by atoms with Gasteiger partial charge in [0, 0.05) is 24.8 Å². The number of primary amides is 1. The molecule has 1 heterocycles. The van der Waals surface area contributed by atoms with Crippen molar-refractivity contribution in [1.29, 1.82) is 0 Å². The molecule has 0 unspecified atom stereocenters. The fourth-order valence-electron chi connectivity index (χ4n) is 3.93. The van der Waals surface area contributed by atoms with E-state index in [9.17, 15) is 18.8 Å².